The lowest BCUT2D eigenvalue weighted by molar-refractivity contribution is 0.603. The third-order valence-corrected chi connectivity index (χ3v) is 5.22. The molecular formula is C14H21N3O2S2. The van der Waals surface area contributed by atoms with Crippen LogP contribution in [0.3, 0.4) is 0 Å². The molecule has 5 nitrogen and oxygen atoms in total. The molecule has 1 N–H and O–H groups in total. The highest BCUT2D eigenvalue weighted by molar-refractivity contribution is 8.00. The highest BCUT2D eigenvalue weighted by Gasteiger charge is 2.13. The molecule has 0 saturated carbocycles. The van der Waals surface area contributed by atoms with Crippen LogP contribution in [0.4, 0.5) is 0 Å². The van der Waals surface area contributed by atoms with Gasteiger partial charge in [-0.1, -0.05) is 13.0 Å². The van der Waals surface area contributed by atoms with Gasteiger partial charge in [-0.2, -0.15) is 0 Å². The van der Waals surface area contributed by atoms with Crippen LogP contribution in [-0.4, -0.2) is 42.1 Å². The Morgan fingerprint density at radius 3 is 2.90 bits per heavy atom. The quantitative estimate of drug-likeness (QED) is 0.593. The standard InChI is InChI=1S/C14H21N3O2S2/c1-3-7-15-11-12-14(20-9-10-21(2,18)19)16-13-6-4-5-8-17(12)13/h4-6,8,15H,3,7,9-11H2,1-2H3. The van der Waals surface area contributed by atoms with E-state index in [0.29, 0.717) is 5.75 Å². The smallest absolute Gasteiger partial charge is 0.148 e. The minimum absolute atomic E-state index is 0.174. The number of thioether (sulfide) groups is 1. The molecule has 0 fully saturated rings. The second kappa shape index (κ2) is 7.29. The Morgan fingerprint density at radius 2 is 2.19 bits per heavy atom. The molecule has 2 heterocycles. The lowest BCUT2D eigenvalue weighted by Crippen LogP contribution is -2.16. The minimum Gasteiger partial charge on any atom is -0.311 e. The average molecular weight is 327 g/mol. The number of hydrogen-bond donors (Lipinski definition) is 1. The van der Waals surface area contributed by atoms with Crippen LogP contribution in [0.2, 0.25) is 0 Å². The van der Waals surface area contributed by atoms with Gasteiger partial charge in [-0.15, -0.1) is 11.8 Å². The summed E-state index contributed by atoms with van der Waals surface area (Å²) in [5, 5.41) is 4.29. The Balaban J connectivity index is 2.18. The number of hydrogen-bond acceptors (Lipinski definition) is 5. The van der Waals surface area contributed by atoms with E-state index in [9.17, 15) is 8.42 Å². The van der Waals surface area contributed by atoms with Crippen molar-refractivity contribution in [3.05, 3.63) is 30.1 Å². The normalized spacial score (nSPS) is 12.1. The van der Waals surface area contributed by atoms with E-state index in [0.717, 1.165) is 35.9 Å². The molecule has 0 atom stereocenters. The Labute approximate surface area is 130 Å². The second-order valence-electron chi connectivity index (χ2n) is 4.95. The maximum atomic E-state index is 11.2. The van der Waals surface area contributed by atoms with Gasteiger partial charge < -0.3 is 9.72 Å². The van der Waals surface area contributed by atoms with Crippen molar-refractivity contribution in [1.82, 2.24) is 14.7 Å². The fourth-order valence-electron chi connectivity index (χ4n) is 1.97. The van der Waals surface area contributed by atoms with Gasteiger partial charge in [0.05, 0.1) is 11.4 Å². The van der Waals surface area contributed by atoms with Crippen molar-refractivity contribution in [1.29, 1.82) is 0 Å². The lowest BCUT2D eigenvalue weighted by atomic mass is 10.4. The van der Waals surface area contributed by atoms with E-state index in [1.54, 1.807) is 0 Å². The first kappa shape index (κ1) is 16.3. The maximum absolute atomic E-state index is 11.2. The highest BCUT2D eigenvalue weighted by atomic mass is 32.2. The van der Waals surface area contributed by atoms with Crippen molar-refractivity contribution in [2.24, 2.45) is 0 Å². The summed E-state index contributed by atoms with van der Waals surface area (Å²) in [7, 11) is -2.93. The van der Waals surface area contributed by atoms with Crippen molar-refractivity contribution in [3.8, 4) is 0 Å². The summed E-state index contributed by atoms with van der Waals surface area (Å²) < 4.78 is 24.5. The molecule has 0 radical (unpaired) electrons. The molecule has 0 aliphatic rings. The van der Waals surface area contributed by atoms with Crippen molar-refractivity contribution >= 4 is 27.2 Å². The second-order valence-corrected chi connectivity index (χ2v) is 8.29. The molecule has 2 aromatic heterocycles. The predicted molar refractivity (Wildman–Crippen MR) is 87.6 cm³/mol. The molecule has 0 aromatic carbocycles. The summed E-state index contributed by atoms with van der Waals surface area (Å²) in [6.07, 6.45) is 4.33. The van der Waals surface area contributed by atoms with Crippen LogP contribution in [-0.2, 0) is 16.4 Å². The van der Waals surface area contributed by atoms with Crippen LogP contribution in [0.25, 0.3) is 5.65 Å². The monoisotopic (exact) mass is 327 g/mol. The largest absolute Gasteiger partial charge is 0.311 e. The maximum Gasteiger partial charge on any atom is 0.148 e. The van der Waals surface area contributed by atoms with Gasteiger partial charge in [-0.3, -0.25) is 0 Å². The fraction of sp³-hybridized carbons (Fsp3) is 0.500. The van der Waals surface area contributed by atoms with Crippen molar-refractivity contribution in [2.45, 2.75) is 24.9 Å². The Bertz CT molecular complexity index is 695. The number of imidazole rings is 1. The molecule has 0 amide bonds. The molecule has 21 heavy (non-hydrogen) atoms. The lowest BCUT2D eigenvalue weighted by Gasteiger charge is -2.06. The van der Waals surface area contributed by atoms with Gasteiger partial charge in [0.25, 0.3) is 0 Å². The van der Waals surface area contributed by atoms with Crippen molar-refractivity contribution in [2.75, 3.05) is 24.3 Å². The zero-order chi connectivity index (χ0) is 15.3. The third kappa shape index (κ3) is 4.72. The van der Waals surface area contributed by atoms with Gasteiger partial charge in [0.2, 0.25) is 0 Å². The Hall–Kier alpha value is -1.05. The summed E-state index contributed by atoms with van der Waals surface area (Å²) in [4.78, 5) is 4.60. The van der Waals surface area contributed by atoms with Crippen molar-refractivity contribution in [3.63, 3.8) is 0 Å². The summed E-state index contributed by atoms with van der Waals surface area (Å²) in [5.74, 6) is 0.705. The zero-order valence-electron chi connectivity index (χ0n) is 12.4. The minimum atomic E-state index is -2.93. The molecule has 2 aromatic rings. The number of nitrogens with one attached hydrogen (secondary N) is 1. The van der Waals surface area contributed by atoms with Gasteiger partial charge in [0.1, 0.15) is 20.5 Å². The van der Waals surface area contributed by atoms with E-state index in [-0.39, 0.29) is 5.75 Å². The van der Waals surface area contributed by atoms with E-state index in [4.69, 9.17) is 0 Å². The van der Waals surface area contributed by atoms with Crippen LogP contribution in [0.15, 0.2) is 29.4 Å². The molecule has 0 aliphatic heterocycles. The Kier molecular flexibility index (Phi) is 5.66. The molecular weight excluding hydrogens is 306 g/mol. The van der Waals surface area contributed by atoms with Gasteiger partial charge in [0, 0.05) is 24.8 Å². The number of fused-ring (bicyclic) bond motifs is 1. The molecule has 0 saturated heterocycles. The average Bonchev–Trinajstić information content (AvgIpc) is 2.76. The summed E-state index contributed by atoms with van der Waals surface area (Å²) in [5.41, 5.74) is 1.99. The Morgan fingerprint density at radius 1 is 1.38 bits per heavy atom. The van der Waals surface area contributed by atoms with Crippen molar-refractivity contribution < 1.29 is 8.42 Å². The van der Waals surface area contributed by atoms with Gasteiger partial charge in [0.15, 0.2) is 0 Å². The third-order valence-electron chi connectivity index (χ3n) is 3.00. The van der Waals surface area contributed by atoms with Crippen LogP contribution in [0.5, 0.6) is 0 Å². The van der Waals surface area contributed by atoms with Crippen LogP contribution in [0, 0.1) is 0 Å². The van der Waals surface area contributed by atoms with Crippen LogP contribution in [0.1, 0.15) is 19.0 Å². The van der Waals surface area contributed by atoms with Crippen LogP contribution >= 0.6 is 11.8 Å². The summed E-state index contributed by atoms with van der Waals surface area (Å²) in [6.45, 7) is 3.82. The molecule has 116 valence electrons. The topological polar surface area (TPSA) is 63.5 Å². The summed E-state index contributed by atoms with van der Waals surface area (Å²) in [6, 6.07) is 5.89. The van der Waals surface area contributed by atoms with E-state index < -0.39 is 9.84 Å². The van der Waals surface area contributed by atoms with Crippen LogP contribution < -0.4 is 5.32 Å². The zero-order valence-corrected chi connectivity index (χ0v) is 14.0. The molecule has 0 spiro atoms. The number of pyridine rings is 1. The van der Waals surface area contributed by atoms with E-state index >= 15 is 0 Å². The number of rotatable bonds is 8. The first-order valence-corrected chi connectivity index (χ1v) is 10.0. The summed E-state index contributed by atoms with van der Waals surface area (Å²) >= 11 is 1.51. The van der Waals surface area contributed by atoms with Gasteiger partial charge in [-0.25, -0.2) is 13.4 Å². The van der Waals surface area contributed by atoms with E-state index in [1.165, 1.54) is 18.0 Å². The number of aromatic nitrogens is 2. The first-order valence-electron chi connectivity index (χ1n) is 6.98. The molecule has 0 aliphatic carbocycles. The SMILES string of the molecule is CCCNCc1c(SCCS(C)(=O)=O)nc2ccccn12. The molecule has 7 heteroatoms. The predicted octanol–water partition coefficient (Wildman–Crippen LogP) is 1.97. The molecule has 0 bridgehead atoms. The van der Waals surface area contributed by atoms with E-state index in [1.807, 2.05) is 24.4 Å². The molecule has 2 rings (SSSR count). The fourth-order valence-corrected chi connectivity index (χ4v) is 4.21. The van der Waals surface area contributed by atoms with Gasteiger partial charge in [-0.05, 0) is 25.1 Å². The van der Waals surface area contributed by atoms with E-state index in [2.05, 4.69) is 21.6 Å². The van der Waals surface area contributed by atoms with Gasteiger partial charge >= 0.3 is 0 Å². The number of nitrogens with zero attached hydrogens (tertiary/aromatic N) is 2. The highest BCUT2D eigenvalue weighted by Crippen LogP contribution is 2.23. The first-order chi connectivity index (χ1) is 10.0. The molecule has 0 unspecified atom stereocenters. The number of sulfone groups is 1.